The molecule has 0 aliphatic rings. The first-order chi connectivity index (χ1) is 9.03. The summed E-state index contributed by atoms with van der Waals surface area (Å²) in [6.07, 6.45) is 2.38. The van der Waals surface area contributed by atoms with Crippen molar-refractivity contribution in [2.24, 2.45) is 0 Å². The van der Waals surface area contributed by atoms with Gasteiger partial charge in [0.2, 0.25) is 0 Å². The Morgan fingerprint density at radius 1 is 1.26 bits per heavy atom. The minimum absolute atomic E-state index is 0.257. The first-order valence-corrected chi connectivity index (χ1v) is 9.78. The van der Waals surface area contributed by atoms with Gasteiger partial charge in [-0.3, -0.25) is 0 Å². The van der Waals surface area contributed by atoms with Crippen LogP contribution >= 0.6 is 11.8 Å². The molecule has 0 aromatic heterocycles. The van der Waals surface area contributed by atoms with Crippen molar-refractivity contribution in [3.63, 3.8) is 0 Å². The molecule has 3 nitrogen and oxygen atoms in total. The van der Waals surface area contributed by atoms with Gasteiger partial charge >= 0.3 is 0 Å². The van der Waals surface area contributed by atoms with Gasteiger partial charge in [0, 0.05) is 23.8 Å². The molecule has 0 heterocycles. The Morgan fingerprint density at radius 3 is 2.53 bits per heavy atom. The zero-order chi connectivity index (χ0) is 14.1. The molecule has 1 aromatic carbocycles. The third kappa shape index (κ3) is 7.60. The topological polar surface area (TPSA) is 46.2 Å². The molecule has 1 N–H and O–H groups in total. The van der Waals surface area contributed by atoms with Crippen LogP contribution in [0.15, 0.2) is 30.3 Å². The zero-order valence-corrected chi connectivity index (χ0v) is 13.3. The summed E-state index contributed by atoms with van der Waals surface area (Å²) in [5, 5.41) is 3.51. The van der Waals surface area contributed by atoms with Crippen LogP contribution in [-0.4, -0.2) is 38.5 Å². The van der Waals surface area contributed by atoms with E-state index in [2.05, 4.69) is 24.4 Å². The average molecular weight is 301 g/mol. The van der Waals surface area contributed by atoms with Crippen LogP contribution < -0.4 is 5.32 Å². The molecule has 0 saturated carbocycles. The van der Waals surface area contributed by atoms with Gasteiger partial charge in [-0.2, -0.15) is 11.8 Å². The van der Waals surface area contributed by atoms with Crippen molar-refractivity contribution in [1.82, 2.24) is 5.32 Å². The molecule has 1 aromatic rings. The quantitative estimate of drug-likeness (QED) is 0.712. The zero-order valence-electron chi connectivity index (χ0n) is 11.6. The third-order valence-electron chi connectivity index (χ3n) is 2.73. The van der Waals surface area contributed by atoms with E-state index in [0.717, 1.165) is 18.7 Å². The number of thioether (sulfide) groups is 1. The number of hydrogen-bond donors (Lipinski definition) is 1. The van der Waals surface area contributed by atoms with E-state index < -0.39 is 9.84 Å². The van der Waals surface area contributed by atoms with Gasteiger partial charge in [-0.1, -0.05) is 37.3 Å². The van der Waals surface area contributed by atoms with Gasteiger partial charge in [-0.25, -0.2) is 8.42 Å². The Bertz CT molecular complexity index is 446. The van der Waals surface area contributed by atoms with Crippen molar-refractivity contribution < 1.29 is 8.42 Å². The van der Waals surface area contributed by atoms with Crippen molar-refractivity contribution in [1.29, 1.82) is 0 Å². The van der Waals surface area contributed by atoms with Gasteiger partial charge in [0.15, 0.2) is 0 Å². The van der Waals surface area contributed by atoms with E-state index in [1.54, 1.807) is 11.8 Å². The molecule has 0 amide bonds. The normalized spacial score (nSPS) is 13.4. The van der Waals surface area contributed by atoms with Crippen LogP contribution in [0.1, 0.15) is 24.9 Å². The van der Waals surface area contributed by atoms with Crippen LogP contribution in [0.5, 0.6) is 0 Å². The van der Waals surface area contributed by atoms with E-state index in [9.17, 15) is 8.42 Å². The maximum Gasteiger partial charge on any atom is 0.148 e. The van der Waals surface area contributed by atoms with E-state index in [4.69, 9.17) is 0 Å². The van der Waals surface area contributed by atoms with Crippen LogP contribution in [0.2, 0.25) is 0 Å². The molecule has 0 aliphatic carbocycles. The Balaban J connectivity index is 2.47. The number of benzene rings is 1. The average Bonchev–Trinajstić information content (AvgIpc) is 2.38. The molecule has 0 saturated heterocycles. The van der Waals surface area contributed by atoms with E-state index in [0.29, 0.717) is 11.8 Å². The minimum atomic E-state index is -2.84. The molecule has 108 valence electrons. The number of rotatable bonds is 9. The molecular formula is C14H23NO2S2. The van der Waals surface area contributed by atoms with Crippen molar-refractivity contribution in [3.8, 4) is 0 Å². The molecule has 1 atom stereocenters. The fraction of sp³-hybridized carbons (Fsp3) is 0.571. The summed E-state index contributed by atoms with van der Waals surface area (Å²) in [6, 6.07) is 10.6. The highest BCUT2D eigenvalue weighted by molar-refractivity contribution is 8.00. The number of sulfone groups is 1. The molecule has 1 unspecified atom stereocenters. The van der Waals surface area contributed by atoms with Crippen LogP contribution in [-0.2, 0) is 9.84 Å². The Kier molecular flexibility index (Phi) is 7.49. The molecule has 0 fully saturated rings. The Morgan fingerprint density at radius 2 is 1.95 bits per heavy atom. The van der Waals surface area contributed by atoms with E-state index in [1.165, 1.54) is 11.8 Å². The lowest BCUT2D eigenvalue weighted by Gasteiger charge is -2.18. The molecule has 0 spiro atoms. The van der Waals surface area contributed by atoms with Crippen molar-refractivity contribution >= 4 is 21.6 Å². The molecule has 0 aliphatic heterocycles. The fourth-order valence-corrected chi connectivity index (χ4v) is 4.08. The SMILES string of the molecule is CCCNC(CSCCS(C)(=O)=O)c1ccccc1. The third-order valence-corrected chi connectivity index (χ3v) is 4.99. The second kappa shape index (κ2) is 8.61. The Labute approximate surface area is 121 Å². The fourth-order valence-electron chi connectivity index (χ4n) is 1.69. The second-order valence-electron chi connectivity index (χ2n) is 4.62. The molecule has 0 bridgehead atoms. The summed E-state index contributed by atoms with van der Waals surface area (Å²) >= 11 is 1.69. The number of nitrogens with one attached hydrogen (secondary N) is 1. The van der Waals surface area contributed by atoms with Gasteiger partial charge < -0.3 is 5.32 Å². The molecule has 1 rings (SSSR count). The maximum atomic E-state index is 11.1. The van der Waals surface area contributed by atoms with Crippen molar-refractivity contribution in [2.45, 2.75) is 19.4 Å². The van der Waals surface area contributed by atoms with E-state index in [1.807, 2.05) is 18.2 Å². The lowest BCUT2D eigenvalue weighted by atomic mass is 10.1. The van der Waals surface area contributed by atoms with Gasteiger partial charge in [0.05, 0.1) is 5.75 Å². The monoisotopic (exact) mass is 301 g/mol. The smallest absolute Gasteiger partial charge is 0.148 e. The standard InChI is InChI=1S/C14H23NO2S2/c1-3-9-15-14(13-7-5-4-6-8-13)12-18-10-11-19(2,16)17/h4-8,14-15H,3,9-12H2,1-2H3. The summed E-state index contributed by atoms with van der Waals surface area (Å²) in [6.45, 7) is 3.12. The molecule has 19 heavy (non-hydrogen) atoms. The van der Waals surface area contributed by atoms with Crippen LogP contribution in [0.4, 0.5) is 0 Å². The predicted molar refractivity (Wildman–Crippen MR) is 84.5 cm³/mol. The summed E-state index contributed by atoms with van der Waals surface area (Å²) in [5.74, 6) is 1.82. The Hall–Kier alpha value is -0.520. The van der Waals surface area contributed by atoms with Gasteiger partial charge in [-0.05, 0) is 18.5 Å². The minimum Gasteiger partial charge on any atom is -0.309 e. The van der Waals surface area contributed by atoms with Crippen LogP contribution in [0, 0.1) is 0 Å². The maximum absolute atomic E-state index is 11.1. The summed E-state index contributed by atoms with van der Waals surface area (Å²) < 4.78 is 22.2. The van der Waals surface area contributed by atoms with Gasteiger partial charge in [-0.15, -0.1) is 0 Å². The predicted octanol–water partition coefficient (Wildman–Crippen LogP) is 2.51. The molecular weight excluding hydrogens is 278 g/mol. The van der Waals surface area contributed by atoms with Crippen LogP contribution in [0.3, 0.4) is 0 Å². The van der Waals surface area contributed by atoms with Crippen LogP contribution in [0.25, 0.3) is 0 Å². The summed E-state index contributed by atoms with van der Waals surface area (Å²) in [4.78, 5) is 0. The van der Waals surface area contributed by atoms with Gasteiger partial charge in [0.1, 0.15) is 9.84 Å². The largest absolute Gasteiger partial charge is 0.309 e. The lowest BCUT2D eigenvalue weighted by Crippen LogP contribution is -2.24. The highest BCUT2D eigenvalue weighted by atomic mass is 32.2. The summed E-state index contributed by atoms with van der Waals surface area (Å²) in [5.41, 5.74) is 1.27. The van der Waals surface area contributed by atoms with Crippen molar-refractivity contribution in [3.05, 3.63) is 35.9 Å². The first kappa shape index (κ1) is 16.5. The highest BCUT2D eigenvalue weighted by Crippen LogP contribution is 2.18. The highest BCUT2D eigenvalue weighted by Gasteiger charge is 2.10. The second-order valence-corrected chi connectivity index (χ2v) is 8.03. The lowest BCUT2D eigenvalue weighted by molar-refractivity contribution is 0.577. The van der Waals surface area contributed by atoms with Gasteiger partial charge in [0.25, 0.3) is 0 Å². The van der Waals surface area contributed by atoms with E-state index >= 15 is 0 Å². The molecule has 0 radical (unpaired) electrons. The first-order valence-electron chi connectivity index (χ1n) is 6.56. The van der Waals surface area contributed by atoms with E-state index in [-0.39, 0.29) is 5.75 Å². The number of hydrogen-bond acceptors (Lipinski definition) is 4. The van der Waals surface area contributed by atoms with Crippen molar-refractivity contribution in [2.75, 3.05) is 30.1 Å². The summed E-state index contributed by atoms with van der Waals surface area (Å²) in [7, 11) is -2.84. The molecule has 5 heteroatoms.